The zero-order valence-electron chi connectivity index (χ0n) is 17.9. The molecule has 0 unspecified atom stereocenters. The van der Waals surface area contributed by atoms with Crippen LogP contribution in [-0.4, -0.2) is 62.3 Å². The van der Waals surface area contributed by atoms with Gasteiger partial charge >= 0.3 is 0 Å². The number of carbonyl (C=O) groups is 2. The molecule has 3 rings (SSSR count). The molecule has 2 aliphatic heterocycles. The van der Waals surface area contributed by atoms with Crippen LogP contribution in [0.25, 0.3) is 6.08 Å². The first-order valence-electron chi connectivity index (χ1n) is 10.8. The van der Waals surface area contributed by atoms with Crippen LogP contribution in [0.15, 0.2) is 23.8 Å². The minimum Gasteiger partial charge on any atom is -0.490 e. The Labute approximate surface area is 182 Å². The Hall–Kier alpha value is -3.05. The third kappa shape index (κ3) is 6.46. The molecule has 166 valence electrons. The van der Waals surface area contributed by atoms with Crippen LogP contribution in [0.1, 0.15) is 38.2 Å². The molecule has 0 aromatic heterocycles. The Morgan fingerprint density at radius 1 is 1.26 bits per heavy atom. The summed E-state index contributed by atoms with van der Waals surface area (Å²) >= 11 is 0. The summed E-state index contributed by atoms with van der Waals surface area (Å²) in [6.45, 7) is 4.85. The van der Waals surface area contributed by atoms with Crippen molar-refractivity contribution in [1.29, 1.82) is 5.26 Å². The number of ether oxygens (including phenoxy) is 3. The molecule has 2 heterocycles. The van der Waals surface area contributed by atoms with Gasteiger partial charge in [-0.2, -0.15) is 5.26 Å². The zero-order chi connectivity index (χ0) is 22.1. The van der Waals surface area contributed by atoms with Crippen LogP contribution in [0.3, 0.4) is 0 Å². The van der Waals surface area contributed by atoms with E-state index in [9.17, 15) is 14.9 Å². The van der Waals surface area contributed by atoms with E-state index >= 15 is 0 Å². The molecule has 2 aliphatic rings. The van der Waals surface area contributed by atoms with Crippen LogP contribution in [0, 0.1) is 11.3 Å². The monoisotopic (exact) mass is 427 g/mol. The maximum Gasteiger partial charge on any atom is 0.262 e. The molecule has 8 heteroatoms. The fourth-order valence-corrected chi connectivity index (χ4v) is 3.62. The largest absolute Gasteiger partial charge is 0.490 e. The molecular weight excluding hydrogens is 398 g/mol. The number of benzene rings is 1. The van der Waals surface area contributed by atoms with Crippen molar-refractivity contribution in [2.75, 3.05) is 39.5 Å². The molecule has 2 fully saturated rings. The van der Waals surface area contributed by atoms with E-state index in [0.29, 0.717) is 36.8 Å². The molecule has 8 nitrogen and oxygen atoms in total. The van der Waals surface area contributed by atoms with Gasteiger partial charge in [-0.15, -0.1) is 0 Å². The van der Waals surface area contributed by atoms with Gasteiger partial charge in [0.15, 0.2) is 18.1 Å². The minimum atomic E-state index is -0.438. The number of amides is 2. The van der Waals surface area contributed by atoms with E-state index in [4.69, 9.17) is 14.2 Å². The quantitative estimate of drug-likeness (QED) is 0.479. The number of hydrogen-bond acceptors (Lipinski definition) is 6. The second-order valence-electron chi connectivity index (χ2n) is 7.53. The Balaban J connectivity index is 1.65. The van der Waals surface area contributed by atoms with Crippen molar-refractivity contribution in [2.24, 2.45) is 0 Å². The molecule has 1 N–H and O–H groups in total. The lowest BCUT2D eigenvalue weighted by molar-refractivity contribution is -0.132. The molecule has 1 aromatic rings. The fourth-order valence-electron chi connectivity index (χ4n) is 3.62. The highest BCUT2D eigenvalue weighted by atomic mass is 16.5. The third-order valence-electron chi connectivity index (χ3n) is 5.27. The van der Waals surface area contributed by atoms with Crippen LogP contribution in [-0.2, 0) is 14.3 Å². The third-order valence-corrected chi connectivity index (χ3v) is 5.27. The molecule has 0 spiro atoms. The van der Waals surface area contributed by atoms with Gasteiger partial charge < -0.3 is 24.4 Å². The van der Waals surface area contributed by atoms with Crippen molar-refractivity contribution in [3.8, 4) is 17.6 Å². The van der Waals surface area contributed by atoms with Crippen LogP contribution in [0.4, 0.5) is 0 Å². The average molecular weight is 428 g/mol. The molecule has 31 heavy (non-hydrogen) atoms. The summed E-state index contributed by atoms with van der Waals surface area (Å²) in [6.07, 6.45) is 5.46. The second kappa shape index (κ2) is 11.4. The first kappa shape index (κ1) is 22.6. The van der Waals surface area contributed by atoms with Crippen molar-refractivity contribution < 1.29 is 23.8 Å². The smallest absolute Gasteiger partial charge is 0.262 e. The number of rotatable bonds is 9. The summed E-state index contributed by atoms with van der Waals surface area (Å²) in [6, 6.07) is 7.06. The van der Waals surface area contributed by atoms with Gasteiger partial charge in [0.1, 0.15) is 11.6 Å². The van der Waals surface area contributed by atoms with E-state index in [0.717, 1.165) is 38.8 Å². The van der Waals surface area contributed by atoms with Gasteiger partial charge in [0.2, 0.25) is 0 Å². The highest BCUT2D eigenvalue weighted by Crippen LogP contribution is 2.29. The first-order chi connectivity index (χ1) is 15.1. The molecular formula is C23H29N3O5. The summed E-state index contributed by atoms with van der Waals surface area (Å²) in [4.78, 5) is 26.4. The van der Waals surface area contributed by atoms with Crippen LogP contribution in [0.5, 0.6) is 11.5 Å². The summed E-state index contributed by atoms with van der Waals surface area (Å²) in [5.74, 6) is 0.432. The van der Waals surface area contributed by atoms with E-state index in [1.165, 1.54) is 6.08 Å². The van der Waals surface area contributed by atoms with E-state index < -0.39 is 5.91 Å². The molecule has 2 amide bonds. The van der Waals surface area contributed by atoms with Gasteiger partial charge in [0.25, 0.3) is 11.8 Å². The van der Waals surface area contributed by atoms with Crippen LogP contribution < -0.4 is 14.8 Å². The van der Waals surface area contributed by atoms with Crippen molar-refractivity contribution in [3.63, 3.8) is 0 Å². The number of nitriles is 1. The van der Waals surface area contributed by atoms with Crippen molar-refractivity contribution in [3.05, 3.63) is 29.3 Å². The van der Waals surface area contributed by atoms with Crippen LogP contribution >= 0.6 is 0 Å². The molecule has 0 radical (unpaired) electrons. The Bertz CT molecular complexity index is 849. The summed E-state index contributed by atoms with van der Waals surface area (Å²) in [5.41, 5.74) is 0.629. The maximum atomic E-state index is 12.4. The summed E-state index contributed by atoms with van der Waals surface area (Å²) < 4.78 is 16.8. The predicted molar refractivity (Wildman–Crippen MR) is 114 cm³/mol. The lowest BCUT2D eigenvalue weighted by Crippen LogP contribution is -2.32. The van der Waals surface area contributed by atoms with Gasteiger partial charge in [-0.1, -0.05) is 6.07 Å². The Morgan fingerprint density at radius 3 is 2.74 bits per heavy atom. The number of nitrogens with zero attached hydrogens (tertiary/aromatic N) is 2. The van der Waals surface area contributed by atoms with E-state index in [1.54, 1.807) is 23.1 Å². The first-order valence-corrected chi connectivity index (χ1v) is 10.8. The number of hydrogen-bond donors (Lipinski definition) is 1. The van der Waals surface area contributed by atoms with E-state index in [-0.39, 0.29) is 24.2 Å². The topological polar surface area (TPSA) is 101 Å². The normalized spacial score (nSPS) is 18.5. The van der Waals surface area contributed by atoms with Crippen molar-refractivity contribution >= 4 is 17.9 Å². The highest BCUT2D eigenvalue weighted by Gasteiger charge is 2.20. The highest BCUT2D eigenvalue weighted by molar-refractivity contribution is 6.01. The number of likely N-dealkylation sites (tertiary alicyclic amines) is 1. The van der Waals surface area contributed by atoms with Gasteiger partial charge in [0, 0.05) is 26.2 Å². The molecule has 1 aromatic carbocycles. The van der Waals surface area contributed by atoms with Gasteiger partial charge in [-0.3, -0.25) is 9.59 Å². The minimum absolute atomic E-state index is 0.00155. The zero-order valence-corrected chi connectivity index (χ0v) is 17.9. The van der Waals surface area contributed by atoms with E-state index in [2.05, 4.69) is 5.32 Å². The summed E-state index contributed by atoms with van der Waals surface area (Å²) in [7, 11) is 0. The second-order valence-corrected chi connectivity index (χ2v) is 7.53. The standard InChI is InChI=1S/C23H29N3O5/c1-2-29-21-13-17(7-8-20(21)31-16-22(27)26-9-3-4-10-26)12-18(14-24)23(28)25-15-19-6-5-11-30-19/h7-8,12-13,19H,2-6,9-11,15-16H2,1H3,(H,25,28)/b18-12+/t19-/m0/s1. The lowest BCUT2D eigenvalue weighted by atomic mass is 10.1. The summed E-state index contributed by atoms with van der Waals surface area (Å²) in [5, 5.41) is 12.2. The molecule has 0 saturated carbocycles. The van der Waals surface area contributed by atoms with Crippen molar-refractivity contribution in [2.45, 2.75) is 38.7 Å². The van der Waals surface area contributed by atoms with Gasteiger partial charge in [-0.25, -0.2) is 0 Å². The van der Waals surface area contributed by atoms with Crippen LogP contribution in [0.2, 0.25) is 0 Å². The van der Waals surface area contributed by atoms with Crippen molar-refractivity contribution in [1.82, 2.24) is 10.2 Å². The van der Waals surface area contributed by atoms with Gasteiger partial charge in [-0.05, 0) is 56.4 Å². The Kier molecular flexibility index (Phi) is 8.30. The SMILES string of the molecule is CCOc1cc(/C=C(\C#N)C(=O)NC[C@@H]2CCCO2)ccc1OCC(=O)N1CCCC1. The average Bonchev–Trinajstić information content (AvgIpc) is 3.49. The van der Waals surface area contributed by atoms with E-state index in [1.807, 2.05) is 13.0 Å². The molecule has 0 aliphatic carbocycles. The molecule has 2 saturated heterocycles. The molecule has 0 bridgehead atoms. The predicted octanol–water partition coefficient (Wildman–Crippen LogP) is 2.29. The fraction of sp³-hybridized carbons (Fsp3) is 0.522. The number of nitrogens with one attached hydrogen (secondary N) is 1. The Morgan fingerprint density at radius 2 is 2.06 bits per heavy atom. The lowest BCUT2D eigenvalue weighted by Gasteiger charge is -2.17. The maximum absolute atomic E-state index is 12.4. The molecule has 1 atom stereocenters. The number of carbonyl (C=O) groups excluding carboxylic acids is 2. The van der Waals surface area contributed by atoms with Gasteiger partial charge in [0.05, 0.1) is 12.7 Å².